The summed E-state index contributed by atoms with van der Waals surface area (Å²) in [7, 11) is 0. The molecule has 1 aromatic carbocycles. The lowest BCUT2D eigenvalue weighted by atomic mass is 10.2. The number of hydrogen-bond acceptors (Lipinski definition) is 6. The number of thiazole rings is 1. The van der Waals surface area contributed by atoms with Gasteiger partial charge in [-0.1, -0.05) is 18.3 Å². The summed E-state index contributed by atoms with van der Waals surface area (Å²) in [6.07, 6.45) is 2.10. The number of halogens is 2. The van der Waals surface area contributed by atoms with Gasteiger partial charge < -0.3 is 10.8 Å². The van der Waals surface area contributed by atoms with Gasteiger partial charge in [0.25, 0.3) is 5.91 Å². The van der Waals surface area contributed by atoms with E-state index in [0.29, 0.717) is 36.6 Å². The van der Waals surface area contributed by atoms with Gasteiger partial charge in [-0.25, -0.2) is 10.4 Å². The number of nitrogen functional groups attached to an aromatic ring is 1. The van der Waals surface area contributed by atoms with Crippen molar-refractivity contribution in [2.24, 2.45) is 5.10 Å². The van der Waals surface area contributed by atoms with Crippen molar-refractivity contribution in [3.05, 3.63) is 37.2 Å². The molecule has 0 fully saturated rings. The van der Waals surface area contributed by atoms with Gasteiger partial charge in [0.05, 0.1) is 20.9 Å². The number of nitrogens with zero attached hydrogens (tertiary/aromatic N) is 2. The molecule has 0 aliphatic heterocycles. The SMILES string of the molecule is CCc1nc(N)sc1C(=O)N/N=C\c1cc(Br)c(O)c(Br)c1. The number of aryl methyl sites for hydroxylation is 1. The molecule has 116 valence electrons. The first-order valence-electron chi connectivity index (χ1n) is 6.19. The maximum absolute atomic E-state index is 12.0. The van der Waals surface area contributed by atoms with Crippen molar-refractivity contribution >= 4 is 60.5 Å². The predicted molar refractivity (Wildman–Crippen MR) is 94.5 cm³/mol. The minimum absolute atomic E-state index is 0.105. The number of carbonyl (C=O) groups excluding carboxylic acids is 1. The number of amides is 1. The normalized spacial score (nSPS) is 11.0. The molecule has 0 spiro atoms. The van der Waals surface area contributed by atoms with Crippen molar-refractivity contribution in [2.45, 2.75) is 13.3 Å². The average Bonchev–Trinajstić information content (AvgIpc) is 2.85. The van der Waals surface area contributed by atoms with Crippen LogP contribution in [0.1, 0.15) is 27.9 Å². The molecule has 4 N–H and O–H groups in total. The van der Waals surface area contributed by atoms with Crippen LogP contribution in [0.4, 0.5) is 5.13 Å². The number of aromatic hydroxyl groups is 1. The van der Waals surface area contributed by atoms with Gasteiger partial charge in [0.15, 0.2) is 5.13 Å². The molecule has 0 saturated carbocycles. The minimum Gasteiger partial charge on any atom is -0.506 e. The Labute approximate surface area is 147 Å². The Morgan fingerprint density at radius 1 is 1.50 bits per heavy atom. The quantitative estimate of drug-likeness (QED) is 0.494. The summed E-state index contributed by atoms with van der Waals surface area (Å²) >= 11 is 7.59. The standard InChI is InChI=1S/C13H12Br2N4O2S/c1-2-9-11(22-13(16)18-9)12(21)19-17-5-6-3-7(14)10(20)8(15)4-6/h3-5,20H,2H2,1H3,(H2,16,18)(H,19,21)/b17-5-. The minimum atomic E-state index is -0.348. The molecule has 1 aromatic heterocycles. The van der Waals surface area contributed by atoms with Crippen LogP contribution in [0.3, 0.4) is 0 Å². The largest absolute Gasteiger partial charge is 0.506 e. The van der Waals surface area contributed by atoms with Crippen LogP contribution in [0.5, 0.6) is 5.75 Å². The molecule has 1 amide bonds. The van der Waals surface area contributed by atoms with Crippen LogP contribution in [0.2, 0.25) is 0 Å². The highest BCUT2D eigenvalue weighted by Crippen LogP contribution is 2.32. The zero-order chi connectivity index (χ0) is 16.3. The van der Waals surface area contributed by atoms with E-state index >= 15 is 0 Å². The summed E-state index contributed by atoms with van der Waals surface area (Å²) in [6.45, 7) is 1.90. The number of hydrogen-bond donors (Lipinski definition) is 3. The number of benzene rings is 1. The average molecular weight is 448 g/mol. The maximum Gasteiger partial charge on any atom is 0.283 e. The zero-order valence-electron chi connectivity index (χ0n) is 11.4. The van der Waals surface area contributed by atoms with Gasteiger partial charge in [0.2, 0.25) is 0 Å². The van der Waals surface area contributed by atoms with Crippen molar-refractivity contribution in [3.8, 4) is 5.75 Å². The molecule has 0 saturated heterocycles. The van der Waals surface area contributed by atoms with Crippen LogP contribution < -0.4 is 11.2 Å². The number of carbonyl (C=O) groups is 1. The number of rotatable bonds is 4. The molecule has 0 aliphatic rings. The molecule has 1 heterocycles. The van der Waals surface area contributed by atoms with Crippen LogP contribution in [-0.4, -0.2) is 22.2 Å². The topological polar surface area (TPSA) is 101 Å². The third-order valence-electron chi connectivity index (χ3n) is 2.67. The number of nitrogens with one attached hydrogen (secondary N) is 1. The maximum atomic E-state index is 12.0. The smallest absolute Gasteiger partial charge is 0.283 e. The lowest BCUT2D eigenvalue weighted by Crippen LogP contribution is -2.17. The Balaban J connectivity index is 2.10. The van der Waals surface area contributed by atoms with Crippen LogP contribution in [0.15, 0.2) is 26.2 Å². The molecule has 2 aromatic rings. The molecular formula is C13H12Br2N4O2S. The fourth-order valence-corrected chi connectivity index (χ4v) is 3.70. The molecule has 0 radical (unpaired) electrons. The van der Waals surface area contributed by atoms with E-state index in [2.05, 4.69) is 47.4 Å². The molecule has 9 heteroatoms. The summed E-state index contributed by atoms with van der Waals surface area (Å²) in [5.41, 5.74) is 9.42. The number of nitrogens with two attached hydrogens (primary N) is 1. The first-order chi connectivity index (χ1) is 10.4. The second-order valence-electron chi connectivity index (χ2n) is 4.21. The molecule has 6 nitrogen and oxygen atoms in total. The fourth-order valence-electron chi connectivity index (χ4n) is 1.66. The van der Waals surface area contributed by atoms with E-state index in [1.807, 2.05) is 6.92 Å². The van der Waals surface area contributed by atoms with Crippen LogP contribution in [0.25, 0.3) is 0 Å². The second-order valence-corrected chi connectivity index (χ2v) is 6.95. The molecule has 0 unspecified atom stereocenters. The van der Waals surface area contributed by atoms with Gasteiger partial charge in [-0.3, -0.25) is 4.79 Å². The van der Waals surface area contributed by atoms with E-state index in [9.17, 15) is 9.90 Å². The number of hydrazone groups is 1. The van der Waals surface area contributed by atoms with Gasteiger partial charge in [0, 0.05) is 0 Å². The van der Waals surface area contributed by atoms with E-state index in [1.165, 1.54) is 6.21 Å². The Morgan fingerprint density at radius 3 is 2.73 bits per heavy atom. The molecule has 2 rings (SSSR count). The highest BCUT2D eigenvalue weighted by Gasteiger charge is 2.15. The number of anilines is 1. The lowest BCUT2D eigenvalue weighted by Gasteiger charge is -2.02. The Kier molecular flexibility index (Phi) is 5.54. The van der Waals surface area contributed by atoms with Gasteiger partial charge in [-0.05, 0) is 56.0 Å². The summed E-state index contributed by atoms with van der Waals surface area (Å²) in [5, 5.41) is 13.9. The van der Waals surface area contributed by atoms with E-state index in [1.54, 1.807) is 12.1 Å². The lowest BCUT2D eigenvalue weighted by molar-refractivity contribution is 0.0958. The first-order valence-corrected chi connectivity index (χ1v) is 8.59. The highest BCUT2D eigenvalue weighted by atomic mass is 79.9. The zero-order valence-corrected chi connectivity index (χ0v) is 15.4. The number of phenols is 1. The first kappa shape index (κ1) is 16.9. The molecule has 0 bridgehead atoms. The third-order valence-corrected chi connectivity index (χ3v) is 4.81. The Hall–Kier alpha value is -1.45. The Morgan fingerprint density at radius 2 is 2.14 bits per heavy atom. The van der Waals surface area contributed by atoms with Crippen molar-refractivity contribution in [1.29, 1.82) is 0 Å². The van der Waals surface area contributed by atoms with E-state index < -0.39 is 0 Å². The van der Waals surface area contributed by atoms with Gasteiger partial charge in [0.1, 0.15) is 10.6 Å². The third kappa shape index (κ3) is 3.84. The monoisotopic (exact) mass is 446 g/mol. The van der Waals surface area contributed by atoms with Gasteiger partial charge in [-0.2, -0.15) is 5.10 Å². The van der Waals surface area contributed by atoms with E-state index in [0.717, 1.165) is 11.3 Å². The van der Waals surface area contributed by atoms with E-state index in [-0.39, 0.29) is 11.7 Å². The number of phenolic OH excluding ortho intramolecular Hbond substituents is 1. The number of aromatic nitrogens is 1. The van der Waals surface area contributed by atoms with Gasteiger partial charge >= 0.3 is 0 Å². The van der Waals surface area contributed by atoms with Crippen molar-refractivity contribution in [2.75, 3.05) is 5.73 Å². The fraction of sp³-hybridized carbons (Fsp3) is 0.154. The molecule has 0 aliphatic carbocycles. The van der Waals surface area contributed by atoms with Crippen molar-refractivity contribution in [3.63, 3.8) is 0 Å². The van der Waals surface area contributed by atoms with Crippen LogP contribution in [0, 0.1) is 0 Å². The van der Waals surface area contributed by atoms with Crippen LogP contribution in [-0.2, 0) is 6.42 Å². The van der Waals surface area contributed by atoms with Crippen molar-refractivity contribution in [1.82, 2.24) is 10.4 Å². The summed E-state index contributed by atoms with van der Waals surface area (Å²) in [6, 6.07) is 3.36. The van der Waals surface area contributed by atoms with Crippen LogP contribution >= 0.6 is 43.2 Å². The van der Waals surface area contributed by atoms with Gasteiger partial charge in [-0.15, -0.1) is 0 Å². The molecular weight excluding hydrogens is 436 g/mol. The highest BCUT2D eigenvalue weighted by molar-refractivity contribution is 9.11. The summed E-state index contributed by atoms with van der Waals surface area (Å²) < 4.78 is 1.05. The second kappa shape index (κ2) is 7.21. The van der Waals surface area contributed by atoms with Crippen molar-refractivity contribution < 1.29 is 9.90 Å². The molecule has 22 heavy (non-hydrogen) atoms. The Bertz CT molecular complexity index is 723. The predicted octanol–water partition coefficient (Wildman–Crippen LogP) is 3.28. The van der Waals surface area contributed by atoms with E-state index in [4.69, 9.17) is 5.73 Å². The summed E-state index contributed by atoms with van der Waals surface area (Å²) in [4.78, 5) is 16.6. The molecule has 0 atom stereocenters. The summed E-state index contributed by atoms with van der Waals surface area (Å²) in [5.74, 6) is -0.242.